The van der Waals surface area contributed by atoms with Crippen molar-refractivity contribution in [2.45, 2.75) is 31.7 Å². The lowest BCUT2D eigenvalue weighted by Gasteiger charge is -2.42. The molecule has 0 bridgehead atoms. The molecule has 0 N–H and O–H groups in total. The van der Waals surface area contributed by atoms with E-state index < -0.39 is 35.4 Å². The number of halogens is 3. The van der Waals surface area contributed by atoms with Gasteiger partial charge in [0, 0.05) is 31.7 Å². The molecule has 3 rings (SSSR count). The number of hydrogen-bond acceptors (Lipinski definition) is 5. The minimum atomic E-state index is -5.03. The summed E-state index contributed by atoms with van der Waals surface area (Å²) in [6.07, 6.45) is -4.81. The maximum absolute atomic E-state index is 14.5. The van der Waals surface area contributed by atoms with Crippen molar-refractivity contribution in [3.63, 3.8) is 0 Å². The molecule has 0 amide bonds. The molecule has 2 aromatic carbocycles. The molecule has 0 unspecified atom stereocenters. The third-order valence-corrected chi connectivity index (χ3v) is 6.10. The zero-order valence-electron chi connectivity index (χ0n) is 18.7. The number of piperidine rings is 1. The number of methoxy groups -OCH3 is 1. The lowest BCUT2D eigenvalue weighted by atomic mass is 9.74. The number of hydrogen-bond donors (Lipinski definition) is 0. The number of nitrogens with zero attached hydrogens (tertiary/aromatic N) is 1. The van der Waals surface area contributed by atoms with Crippen molar-refractivity contribution in [3.05, 3.63) is 71.8 Å². The average molecular weight is 463 g/mol. The molecule has 1 aliphatic heterocycles. The number of rotatable bonds is 8. The Morgan fingerprint density at radius 1 is 1.00 bits per heavy atom. The van der Waals surface area contributed by atoms with Gasteiger partial charge in [0.2, 0.25) is 5.60 Å². The number of carbonyl (C=O) groups is 2. The van der Waals surface area contributed by atoms with Crippen LogP contribution in [-0.2, 0) is 31.2 Å². The van der Waals surface area contributed by atoms with Gasteiger partial charge in [-0.15, -0.1) is 0 Å². The highest BCUT2D eigenvalue weighted by Crippen LogP contribution is 2.46. The zero-order valence-corrected chi connectivity index (χ0v) is 18.7. The second-order valence-corrected chi connectivity index (χ2v) is 8.09. The summed E-state index contributed by atoms with van der Waals surface area (Å²) in [5.41, 5.74) is -2.53. The van der Waals surface area contributed by atoms with Crippen molar-refractivity contribution in [2.24, 2.45) is 11.8 Å². The Bertz CT molecular complexity index is 936. The lowest BCUT2D eigenvalue weighted by molar-refractivity contribution is -0.267. The van der Waals surface area contributed by atoms with E-state index in [9.17, 15) is 22.8 Å². The van der Waals surface area contributed by atoms with E-state index in [1.807, 2.05) is 35.2 Å². The van der Waals surface area contributed by atoms with Crippen LogP contribution < -0.4 is 0 Å². The molecular formula is C25H28F3NO4. The van der Waals surface area contributed by atoms with Crippen LogP contribution in [0.3, 0.4) is 0 Å². The molecule has 0 aromatic heterocycles. The third kappa shape index (κ3) is 5.12. The SMILES string of the molecule is CCOC(=O)[C@@H]1CCN(Cc2ccccc2)C[C@@H]1C(=O)[C@](OC)(c1ccccc1)C(F)(F)F. The Morgan fingerprint density at radius 3 is 2.15 bits per heavy atom. The highest BCUT2D eigenvalue weighted by atomic mass is 19.4. The first-order valence-electron chi connectivity index (χ1n) is 10.9. The maximum Gasteiger partial charge on any atom is 0.428 e. The molecule has 1 saturated heterocycles. The van der Waals surface area contributed by atoms with Crippen molar-refractivity contribution >= 4 is 11.8 Å². The number of ketones is 1. The normalized spacial score (nSPS) is 21.2. The number of ether oxygens (including phenoxy) is 2. The van der Waals surface area contributed by atoms with E-state index in [-0.39, 0.29) is 25.1 Å². The summed E-state index contributed by atoms with van der Waals surface area (Å²) in [5.74, 6) is -4.07. The topological polar surface area (TPSA) is 55.8 Å². The second-order valence-electron chi connectivity index (χ2n) is 8.09. The van der Waals surface area contributed by atoms with Gasteiger partial charge in [0.1, 0.15) is 0 Å². The molecule has 1 heterocycles. The summed E-state index contributed by atoms with van der Waals surface area (Å²) in [6.45, 7) is 2.61. The fourth-order valence-corrected chi connectivity index (χ4v) is 4.52. The van der Waals surface area contributed by atoms with Gasteiger partial charge in [-0.05, 0) is 25.5 Å². The van der Waals surface area contributed by atoms with E-state index in [0.29, 0.717) is 13.1 Å². The first kappa shape index (κ1) is 24.9. The molecule has 1 fully saturated rings. The second kappa shape index (κ2) is 10.5. The Kier molecular flexibility index (Phi) is 7.92. The van der Waals surface area contributed by atoms with Crippen LogP contribution in [0, 0.1) is 11.8 Å². The van der Waals surface area contributed by atoms with Crippen LogP contribution in [-0.4, -0.2) is 49.6 Å². The van der Waals surface area contributed by atoms with E-state index in [1.54, 1.807) is 13.0 Å². The fourth-order valence-electron chi connectivity index (χ4n) is 4.52. The van der Waals surface area contributed by atoms with Gasteiger partial charge in [0.05, 0.1) is 12.5 Å². The highest BCUT2D eigenvalue weighted by Gasteiger charge is 2.64. The Labute approximate surface area is 191 Å². The van der Waals surface area contributed by atoms with Gasteiger partial charge < -0.3 is 9.47 Å². The number of carbonyl (C=O) groups excluding carboxylic acids is 2. The van der Waals surface area contributed by atoms with Gasteiger partial charge >= 0.3 is 12.1 Å². The van der Waals surface area contributed by atoms with E-state index >= 15 is 0 Å². The molecule has 0 aliphatic carbocycles. The summed E-state index contributed by atoms with van der Waals surface area (Å²) in [5, 5.41) is 0. The summed E-state index contributed by atoms with van der Waals surface area (Å²) >= 11 is 0. The number of benzene rings is 2. The predicted molar refractivity (Wildman–Crippen MR) is 116 cm³/mol. The van der Waals surface area contributed by atoms with Crippen molar-refractivity contribution in [3.8, 4) is 0 Å². The smallest absolute Gasteiger partial charge is 0.428 e. The predicted octanol–water partition coefficient (Wildman–Crippen LogP) is 4.36. The van der Waals surface area contributed by atoms with E-state index in [2.05, 4.69) is 0 Å². The van der Waals surface area contributed by atoms with Gasteiger partial charge in [0.25, 0.3) is 0 Å². The average Bonchev–Trinajstić information content (AvgIpc) is 2.80. The van der Waals surface area contributed by atoms with Crippen LogP contribution in [0.4, 0.5) is 13.2 Å². The van der Waals surface area contributed by atoms with E-state index in [1.165, 1.54) is 24.3 Å². The van der Waals surface area contributed by atoms with Gasteiger partial charge in [0.15, 0.2) is 5.78 Å². The summed E-state index contributed by atoms with van der Waals surface area (Å²) in [7, 11) is 0.877. The molecule has 0 spiro atoms. The molecular weight excluding hydrogens is 435 g/mol. The number of esters is 1. The van der Waals surface area contributed by atoms with Gasteiger partial charge in [-0.1, -0.05) is 60.7 Å². The van der Waals surface area contributed by atoms with Crippen molar-refractivity contribution < 1.29 is 32.2 Å². The number of Topliss-reactive ketones (excluding diaryl/α,β-unsaturated/α-hetero) is 1. The minimum Gasteiger partial charge on any atom is -0.466 e. The minimum absolute atomic E-state index is 0.00870. The standard InChI is InChI=1S/C25H28F3NO4/c1-3-33-23(31)20-14-15-29(16-18-10-6-4-7-11-18)17-21(20)22(30)24(32-2,25(26,27)28)19-12-8-5-9-13-19/h4-13,20-21H,3,14-17H2,1-2H3/t20-,21+,24-/m1/s1. The number of alkyl halides is 3. The summed E-state index contributed by atoms with van der Waals surface area (Å²) in [4.78, 5) is 28.3. The lowest BCUT2D eigenvalue weighted by Crippen LogP contribution is -2.58. The van der Waals surface area contributed by atoms with Crippen LogP contribution in [0.1, 0.15) is 24.5 Å². The molecule has 8 heteroatoms. The van der Waals surface area contributed by atoms with Crippen LogP contribution in [0.25, 0.3) is 0 Å². The largest absolute Gasteiger partial charge is 0.466 e. The van der Waals surface area contributed by atoms with Crippen LogP contribution >= 0.6 is 0 Å². The van der Waals surface area contributed by atoms with Crippen LogP contribution in [0.15, 0.2) is 60.7 Å². The van der Waals surface area contributed by atoms with Crippen molar-refractivity contribution in [1.82, 2.24) is 4.90 Å². The van der Waals surface area contributed by atoms with Gasteiger partial charge in [-0.25, -0.2) is 0 Å². The van der Waals surface area contributed by atoms with Crippen molar-refractivity contribution in [2.75, 3.05) is 26.8 Å². The van der Waals surface area contributed by atoms with Gasteiger partial charge in [-0.2, -0.15) is 13.2 Å². The number of likely N-dealkylation sites (tertiary alicyclic amines) is 1. The molecule has 3 atom stereocenters. The monoisotopic (exact) mass is 463 g/mol. The highest BCUT2D eigenvalue weighted by molar-refractivity contribution is 5.95. The summed E-state index contributed by atoms with van der Waals surface area (Å²) < 4.78 is 53.7. The van der Waals surface area contributed by atoms with Crippen molar-refractivity contribution in [1.29, 1.82) is 0 Å². The van der Waals surface area contributed by atoms with Crippen LogP contribution in [0.2, 0.25) is 0 Å². The molecule has 0 saturated carbocycles. The van der Waals surface area contributed by atoms with Crippen LogP contribution in [0.5, 0.6) is 0 Å². The Morgan fingerprint density at radius 2 is 1.61 bits per heavy atom. The quantitative estimate of drug-likeness (QED) is 0.545. The Balaban J connectivity index is 2.01. The zero-order chi connectivity index (χ0) is 24.1. The van der Waals surface area contributed by atoms with Gasteiger partial charge in [-0.3, -0.25) is 14.5 Å². The molecule has 0 radical (unpaired) electrons. The molecule has 5 nitrogen and oxygen atoms in total. The Hall–Kier alpha value is -2.71. The van der Waals surface area contributed by atoms with E-state index in [0.717, 1.165) is 12.7 Å². The molecule has 2 aromatic rings. The first-order chi connectivity index (χ1) is 15.7. The molecule has 33 heavy (non-hydrogen) atoms. The maximum atomic E-state index is 14.5. The summed E-state index contributed by atoms with van der Waals surface area (Å²) in [6, 6.07) is 16.3. The molecule has 178 valence electrons. The molecule has 1 aliphatic rings. The fraction of sp³-hybridized carbons (Fsp3) is 0.440. The third-order valence-electron chi connectivity index (χ3n) is 6.10. The van der Waals surface area contributed by atoms with E-state index in [4.69, 9.17) is 9.47 Å². The first-order valence-corrected chi connectivity index (χ1v) is 10.9.